The van der Waals surface area contributed by atoms with Gasteiger partial charge in [-0.1, -0.05) is 18.8 Å². The van der Waals surface area contributed by atoms with Crippen LogP contribution in [0.1, 0.15) is 36.6 Å². The third-order valence-electron chi connectivity index (χ3n) is 3.02. The van der Waals surface area contributed by atoms with Crippen LogP contribution in [-0.4, -0.2) is 29.2 Å². The normalized spacial score (nSPS) is 14.8. The first-order valence-electron chi connectivity index (χ1n) is 6.25. The molecule has 92 valence electrons. The molecule has 0 aromatic carbocycles. The minimum atomic E-state index is 0.148. The second kappa shape index (κ2) is 6.20. The summed E-state index contributed by atoms with van der Waals surface area (Å²) in [4.78, 5) is 3.90. The lowest BCUT2D eigenvalue weighted by molar-refractivity contribution is 0.271. The van der Waals surface area contributed by atoms with Crippen molar-refractivity contribution >= 4 is 11.3 Å². The van der Waals surface area contributed by atoms with E-state index in [1.807, 2.05) is 0 Å². The second-order valence-corrected chi connectivity index (χ2v) is 5.33. The van der Waals surface area contributed by atoms with Crippen LogP contribution in [0.2, 0.25) is 0 Å². The Labute approximate surface area is 107 Å². The molecule has 1 saturated carbocycles. The topological polar surface area (TPSA) is 23.5 Å². The van der Waals surface area contributed by atoms with Crippen LogP contribution in [0.25, 0.3) is 0 Å². The molecule has 0 aliphatic heterocycles. The lowest BCUT2D eigenvalue weighted by Crippen LogP contribution is -2.24. The molecule has 0 bridgehead atoms. The lowest BCUT2D eigenvalue weighted by atomic mass is 10.2. The SMILES string of the molecule is CCN(Cc1sccc1C#CCCO)C1CC1. The maximum Gasteiger partial charge on any atom is 0.0540 e. The number of rotatable bonds is 5. The van der Waals surface area contributed by atoms with Crippen molar-refractivity contribution in [2.75, 3.05) is 13.2 Å². The molecule has 0 atom stereocenters. The summed E-state index contributed by atoms with van der Waals surface area (Å²) in [6.07, 6.45) is 3.27. The molecule has 0 radical (unpaired) electrons. The van der Waals surface area contributed by atoms with E-state index in [0.29, 0.717) is 6.42 Å². The third kappa shape index (κ3) is 3.57. The molecule has 1 aromatic heterocycles. The van der Waals surface area contributed by atoms with Crippen molar-refractivity contribution in [1.29, 1.82) is 0 Å². The Balaban J connectivity index is 2.00. The molecule has 0 saturated heterocycles. The first-order valence-corrected chi connectivity index (χ1v) is 7.13. The van der Waals surface area contributed by atoms with Crippen molar-refractivity contribution in [2.45, 2.75) is 38.8 Å². The quantitative estimate of drug-likeness (QED) is 0.810. The minimum Gasteiger partial charge on any atom is -0.395 e. The number of aliphatic hydroxyl groups excluding tert-OH is 1. The summed E-state index contributed by atoms with van der Waals surface area (Å²) >= 11 is 1.79. The zero-order valence-corrected chi connectivity index (χ0v) is 11.1. The van der Waals surface area contributed by atoms with E-state index in [4.69, 9.17) is 5.11 Å². The average Bonchev–Trinajstić information content (AvgIpc) is 3.09. The van der Waals surface area contributed by atoms with Gasteiger partial charge in [0.25, 0.3) is 0 Å². The van der Waals surface area contributed by atoms with E-state index in [2.05, 4.69) is 35.1 Å². The summed E-state index contributed by atoms with van der Waals surface area (Å²) in [7, 11) is 0. The number of hydrogen-bond acceptors (Lipinski definition) is 3. The summed E-state index contributed by atoms with van der Waals surface area (Å²) in [5.74, 6) is 6.16. The van der Waals surface area contributed by atoms with Crippen LogP contribution in [0, 0.1) is 11.8 Å². The van der Waals surface area contributed by atoms with Gasteiger partial charge in [0.15, 0.2) is 0 Å². The Bertz CT molecular complexity index is 411. The summed E-state index contributed by atoms with van der Waals surface area (Å²) < 4.78 is 0. The fraction of sp³-hybridized carbons (Fsp3) is 0.571. The highest BCUT2D eigenvalue weighted by molar-refractivity contribution is 7.10. The summed E-state index contributed by atoms with van der Waals surface area (Å²) in [6, 6.07) is 2.89. The van der Waals surface area contributed by atoms with Gasteiger partial charge in [0, 0.05) is 29.4 Å². The van der Waals surface area contributed by atoms with Gasteiger partial charge >= 0.3 is 0 Å². The largest absolute Gasteiger partial charge is 0.395 e. The van der Waals surface area contributed by atoms with E-state index in [1.54, 1.807) is 11.3 Å². The zero-order valence-electron chi connectivity index (χ0n) is 10.3. The fourth-order valence-electron chi connectivity index (χ4n) is 1.91. The third-order valence-corrected chi connectivity index (χ3v) is 3.93. The van der Waals surface area contributed by atoms with Gasteiger partial charge in [0.2, 0.25) is 0 Å². The Morgan fingerprint density at radius 1 is 1.53 bits per heavy atom. The van der Waals surface area contributed by atoms with Crippen LogP contribution in [0.15, 0.2) is 11.4 Å². The van der Waals surface area contributed by atoms with Crippen molar-refractivity contribution in [3.05, 3.63) is 21.9 Å². The molecule has 1 aliphatic rings. The van der Waals surface area contributed by atoms with Crippen LogP contribution in [0.3, 0.4) is 0 Å². The van der Waals surface area contributed by atoms with Crippen molar-refractivity contribution in [3.8, 4) is 11.8 Å². The molecule has 17 heavy (non-hydrogen) atoms. The van der Waals surface area contributed by atoms with E-state index < -0.39 is 0 Å². The van der Waals surface area contributed by atoms with Crippen LogP contribution >= 0.6 is 11.3 Å². The van der Waals surface area contributed by atoms with E-state index in [-0.39, 0.29) is 6.61 Å². The van der Waals surface area contributed by atoms with E-state index in [1.165, 1.54) is 17.7 Å². The Morgan fingerprint density at radius 3 is 3.00 bits per heavy atom. The standard InChI is InChI=1S/C14H19NOS/c1-2-15(13-6-7-13)11-14-12(8-10-17-14)5-3-4-9-16/h8,10,13,16H,2,4,6-7,9,11H2,1H3. The average molecular weight is 249 g/mol. The van der Waals surface area contributed by atoms with Crippen LogP contribution < -0.4 is 0 Å². The molecule has 1 aromatic rings. The number of nitrogens with zero attached hydrogens (tertiary/aromatic N) is 1. The highest BCUT2D eigenvalue weighted by atomic mass is 32.1. The van der Waals surface area contributed by atoms with Gasteiger partial charge in [-0.05, 0) is 30.8 Å². The van der Waals surface area contributed by atoms with Crippen molar-refractivity contribution in [3.63, 3.8) is 0 Å². The first-order chi connectivity index (χ1) is 8.35. The zero-order chi connectivity index (χ0) is 12.1. The molecular formula is C14H19NOS. The van der Waals surface area contributed by atoms with E-state index in [0.717, 1.165) is 24.7 Å². The lowest BCUT2D eigenvalue weighted by Gasteiger charge is -2.18. The number of hydrogen-bond donors (Lipinski definition) is 1. The van der Waals surface area contributed by atoms with Gasteiger partial charge in [0.05, 0.1) is 6.61 Å². The summed E-state index contributed by atoms with van der Waals surface area (Å²) in [5, 5.41) is 10.8. The maximum absolute atomic E-state index is 8.72. The van der Waals surface area contributed by atoms with Gasteiger partial charge in [-0.2, -0.15) is 0 Å². The van der Waals surface area contributed by atoms with Crippen LogP contribution in [0.5, 0.6) is 0 Å². The molecule has 0 amide bonds. The summed E-state index contributed by atoms with van der Waals surface area (Å²) in [5.41, 5.74) is 1.14. The molecule has 0 spiro atoms. The predicted molar refractivity (Wildman–Crippen MR) is 72.0 cm³/mol. The molecule has 2 rings (SSSR count). The minimum absolute atomic E-state index is 0.148. The van der Waals surface area contributed by atoms with Crippen molar-refractivity contribution in [1.82, 2.24) is 4.90 Å². The Kier molecular flexibility index (Phi) is 4.61. The van der Waals surface area contributed by atoms with Gasteiger partial charge in [-0.15, -0.1) is 11.3 Å². The van der Waals surface area contributed by atoms with E-state index in [9.17, 15) is 0 Å². The maximum atomic E-state index is 8.72. The predicted octanol–water partition coefficient (Wildman–Crippen LogP) is 2.47. The van der Waals surface area contributed by atoms with Gasteiger partial charge < -0.3 is 5.11 Å². The Morgan fingerprint density at radius 2 is 2.35 bits per heavy atom. The molecule has 3 heteroatoms. The Hall–Kier alpha value is -0.820. The summed E-state index contributed by atoms with van der Waals surface area (Å²) in [6.45, 7) is 4.52. The van der Waals surface area contributed by atoms with Gasteiger partial charge in [-0.3, -0.25) is 4.90 Å². The molecule has 1 aliphatic carbocycles. The fourth-order valence-corrected chi connectivity index (χ4v) is 2.77. The molecule has 1 N–H and O–H groups in total. The number of aliphatic hydroxyl groups is 1. The van der Waals surface area contributed by atoms with E-state index >= 15 is 0 Å². The van der Waals surface area contributed by atoms with Gasteiger partial charge in [-0.25, -0.2) is 0 Å². The molecule has 2 nitrogen and oxygen atoms in total. The first kappa shape index (κ1) is 12.6. The van der Waals surface area contributed by atoms with Gasteiger partial charge in [0.1, 0.15) is 0 Å². The number of thiophene rings is 1. The van der Waals surface area contributed by atoms with Crippen LogP contribution in [-0.2, 0) is 6.54 Å². The second-order valence-electron chi connectivity index (χ2n) is 4.33. The smallest absolute Gasteiger partial charge is 0.0540 e. The highest BCUT2D eigenvalue weighted by Crippen LogP contribution is 2.29. The van der Waals surface area contributed by atoms with Crippen molar-refractivity contribution < 1.29 is 5.11 Å². The molecule has 0 unspecified atom stereocenters. The van der Waals surface area contributed by atoms with Crippen LogP contribution in [0.4, 0.5) is 0 Å². The molecule has 1 fully saturated rings. The molecule has 1 heterocycles. The highest BCUT2D eigenvalue weighted by Gasteiger charge is 2.28. The van der Waals surface area contributed by atoms with Crippen molar-refractivity contribution in [2.24, 2.45) is 0 Å². The monoisotopic (exact) mass is 249 g/mol. The molecular weight excluding hydrogens is 230 g/mol.